The standard InChI is InChI=1S/C19H21N5O2/c1-12-15(19(26)24(22(12)3)14-7-5-4-6-8-14)9-23-10-16-17(11-23)20-13(2)21-18(16)25/h4-8H,9-11H2,1-3H3,(H,20,21,25). The SMILES string of the molecule is Cc1nc2c(c(=O)[nH]1)CN(Cc1c(C)n(C)n(-c3ccccc3)c1=O)C2. The number of aromatic nitrogens is 4. The summed E-state index contributed by atoms with van der Waals surface area (Å²) in [5.74, 6) is 0.623. The minimum atomic E-state index is -0.0820. The predicted octanol–water partition coefficient (Wildman–Crippen LogP) is 1.39. The first-order valence-electron chi connectivity index (χ1n) is 8.59. The molecule has 7 nitrogen and oxygen atoms in total. The van der Waals surface area contributed by atoms with Crippen LogP contribution in [0.3, 0.4) is 0 Å². The molecule has 26 heavy (non-hydrogen) atoms. The van der Waals surface area contributed by atoms with Crippen LogP contribution >= 0.6 is 0 Å². The number of benzene rings is 1. The van der Waals surface area contributed by atoms with Crippen molar-refractivity contribution >= 4 is 0 Å². The molecule has 0 unspecified atom stereocenters. The summed E-state index contributed by atoms with van der Waals surface area (Å²) in [6.07, 6.45) is 0. The predicted molar refractivity (Wildman–Crippen MR) is 98.3 cm³/mol. The number of H-pyrrole nitrogens is 1. The summed E-state index contributed by atoms with van der Waals surface area (Å²) < 4.78 is 3.56. The Morgan fingerprint density at radius 2 is 1.85 bits per heavy atom. The maximum Gasteiger partial charge on any atom is 0.276 e. The molecule has 2 aromatic heterocycles. The van der Waals surface area contributed by atoms with Gasteiger partial charge in [-0.3, -0.25) is 19.2 Å². The summed E-state index contributed by atoms with van der Waals surface area (Å²) in [7, 11) is 1.89. The topological polar surface area (TPSA) is 75.9 Å². The van der Waals surface area contributed by atoms with E-state index in [0.717, 1.165) is 22.6 Å². The molecule has 0 saturated heterocycles. The number of para-hydroxylation sites is 1. The fraction of sp³-hybridized carbons (Fsp3) is 0.316. The number of nitrogens with zero attached hydrogens (tertiary/aromatic N) is 4. The van der Waals surface area contributed by atoms with Gasteiger partial charge in [0.1, 0.15) is 5.82 Å². The molecular weight excluding hydrogens is 330 g/mol. The van der Waals surface area contributed by atoms with Crippen molar-refractivity contribution in [2.75, 3.05) is 0 Å². The van der Waals surface area contributed by atoms with Crippen LogP contribution < -0.4 is 11.1 Å². The Morgan fingerprint density at radius 1 is 1.12 bits per heavy atom. The van der Waals surface area contributed by atoms with Gasteiger partial charge in [0.15, 0.2) is 0 Å². The van der Waals surface area contributed by atoms with Gasteiger partial charge in [0, 0.05) is 32.4 Å². The van der Waals surface area contributed by atoms with Crippen LogP contribution in [0, 0.1) is 13.8 Å². The zero-order chi connectivity index (χ0) is 18.4. The molecule has 4 rings (SSSR count). The third kappa shape index (κ3) is 2.61. The fourth-order valence-electron chi connectivity index (χ4n) is 3.60. The lowest BCUT2D eigenvalue weighted by atomic mass is 10.2. The zero-order valence-electron chi connectivity index (χ0n) is 15.1. The van der Waals surface area contributed by atoms with Crippen molar-refractivity contribution in [3.05, 3.63) is 79.4 Å². The second kappa shape index (κ2) is 6.10. The summed E-state index contributed by atoms with van der Waals surface area (Å²) in [6, 6.07) is 9.60. The van der Waals surface area contributed by atoms with Gasteiger partial charge in [-0.05, 0) is 26.0 Å². The molecule has 3 heterocycles. The lowest BCUT2D eigenvalue weighted by Gasteiger charge is -2.13. The highest BCUT2D eigenvalue weighted by atomic mass is 16.1. The van der Waals surface area contributed by atoms with E-state index in [-0.39, 0.29) is 11.1 Å². The molecule has 0 amide bonds. The molecule has 0 atom stereocenters. The lowest BCUT2D eigenvalue weighted by Crippen LogP contribution is -2.25. The molecule has 1 aromatic carbocycles. The molecule has 0 saturated carbocycles. The molecule has 1 N–H and O–H groups in total. The minimum absolute atomic E-state index is 0.0230. The summed E-state index contributed by atoms with van der Waals surface area (Å²) >= 11 is 0. The number of rotatable bonds is 3. The van der Waals surface area contributed by atoms with Gasteiger partial charge in [0.05, 0.1) is 22.5 Å². The second-order valence-corrected chi connectivity index (χ2v) is 6.76. The van der Waals surface area contributed by atoms with Gasteiger partial charge in [0.25, 0.3) is 11.1 Å². The Labute approximate surface area is 150 Å². The number of aryl methyl sites for hydroxylation is 1. The molecule has 134 valence electrons. The summed E-state index contributed by atoms with van der Waals surface area (Å²) in [4.78, 5) is 34.4. The summed E-state index contributed by atoms with van der Waals surface area (Å²) in [5, 5.41) is 0. The Bertz CT molecular complexity index is 1090. The lowest BCUT2D eigenvalue weighted by molar-refractivity contribution is 0.272. The van der Waals surface area contributed by atoms with Crippen molar-refractivity contribution in [2.24, 2.45) is 7.05 Å². The van der Waals surface area contributed by atoms with E-state index < -0.39 is 0 Å². The number of aromatic amines is 1. The number of hydrogen-bond donors (Lipinski definition) is 1. The van der Waals surface area contributed by atoms with E-state index in [1.165, 1.54) is 0 Å². The highest BCUT2D eigenvalue weighted by Gasteiger charge is 2.26. The Balaban J connectivity index is 1.68. The molecule has 1 aliphatic heterocycles. The largest absolute Gasteiger partial charge is 0.310 e. The van der Waals surface area contributed by atoms with E-state index in [4.69, 9.17) is 0 Å². The molecule has 0 fully saturated rings. The van der Waals surface area contributed by atoms with E-state index in [1.54, 1.807) is 11.6 Å². The van der Waals surface area contributed by atoms with Crippen molar-refractivity contribution in [3.63, 3.8) is 0 Å². The Morgan fingerprint density at radius 3 is 2.58 bits per heavy atom. The van der Waals surface area contributed by atoms with Crippen LogP contribution in [0.25, 0.3) is 5.69 Å². The summed E-state index contributed by atoms with van der Waals surface area (Å²) in [5.41, 5.74) is 3.92. The van der Waals surface area contributed by atoms with Gasteiger partial charge in [-0.1, -0.05) is 18.2 Å². The van der Waals surface area contributed by atoms with E-state index in [9.17, 15) is 9.59 Å². The molecule has 0 aliphatic carbocycles. The second-order valence-electron chi connectivity index (χ2n) is 6.76. The first-order valence-corrected chi connectivity index (χ1v) is 8.59. The molecular formula is C19H21N5O2. The number of hydrogen-bond acceptors (Lipinski definition) is 4. The van der Waals surface area contributed by atoms with Crippen LogP contribution in [0.15, 0.2) is 39.9 Å². The van der Waals surface area contributed by atoms with E-state index >= 15 is 0 Å². The average molecular weight is 351 g/mol. The Kier molecular flexibility index (Phi) is 3.88. The molecule has 3 aromatic rings. The van der Waals surface area contributed by atoms with Crippen molar-refractivity contribution in [2.45, 2.75) is 33.5 Å². The average Bonchev–Trinajstić information content (AvgIpc) is 3.10. The van der Waals surface area contributed by atoms with Gasteiger partial charge in [-0.15, -0.1) is 0 Å². The van der Waals surface area contributed by atoms with Crippen molar-refractivity contribution in [3.8, 4) is 5.69 Å². The minimum Gasteiger partial charge on any atom is -0.310 e. The van der Waals surface area contributed by atoms with Crippen LogP contribution in [0.4, 0.5) is 0 Å². The summed E-state index contributed by atoms with van der Waals surface area (Å²) in [6.45, 7) is 5.32. The third-order valence-electron chi connectivity index (χ3n) is 5.03. The van der Waals surface area contributed by atoms with Crippen LogP contribution in [0.1, 0.15) is 28.3 Å². The molecule has 0 radical (unpaired) electrons. The maximum absolute atomic E-state index is 13.0. The van der Waals surface area contributed by atoms with Crippen LogP contribution in [-0.4, -0.2) is 24.2 Å². The van der Waals surface area contributed by atoms with Gasteiger partial charge in [-0.2, -0.15) is 0 Å². The maximum atomic E-state index is 13.0. The molecule has 7 heteroatoms. The van der Waals surface area contributed by atoms with Crippen LogP contribution in [-0.2, 0) is 26.7 Å². The molecule has 0 bridgehead atoms. The molecule has 0 spiro atoms. The van der Waals surface area contributed by atoms with E-state index in [1.807, 2.05) is 49.0 Å². The van der Waals surface area contributed by atoms with Gasteiger partial charge in [-0.25, -0.2) is 9.67 Å². The van der Waals surface area contributed by atoms with Crippen molar-refractivity contribution < 1.29 is 0 Å². The van der Waals surface area contributed by atoms with Crippen LogP contribution in [0.2, 0.25) is 0 Å². The van der Waals surface area contributed by atoms with Gasteiger partial charge < -0.3 is 4.98 Å². The fourth-order valence-corrected chi connectivity index (χ4v) is 3.60. The van der Waals surface area contributed by atoms with Gasteiger partial charge in [0.2, 0.25) is 0 Å². The quantitative estimate of drug-likeness (QED) is 0.774. The van der Waals surface area contributed by atoms with Crippen molar-refractivity contribution in [1.82, 2.24) is 24.2 Å². The van der Waals surface area contributed by atoms with Crippen LogP contribution in [0.5, 0.6) is 0 Å². The highest BCUT2D eigenvalue weighted by molar-refractivity contribution is 5.33. The molecule has 1 aliphatic rings. The Hall–Kier alpha value is -2.93. The monoisotopic (exact) mass is 351 g/mol. The first kappa shape index (κ1) is 16.5. The third-order valence-corrected chi connectivity index (χ3v) is 5.03. The number of nitrogens with one attached hydrogen (secondary N) is 1. The van der Waals surface area contributed by atoms with Crippen molar-refractivity contribution in [1.29, 1.82) is 0 Å². The number of fused-ring (bicyclic) bond motifs is 1. The first-order chi connectivity index (χ1) is 12.5. The normalized spacial score (nSPS) is 14.0. The van der Waals surface area contributed by atoms with E-state index in [2.05, 4.69) is 14.9 Å². The zero-order valence-corrected chi connectivity index (χ0v) is 15.1. The van der Waals surface area contributed by atoms with Gasteiger partial charge >= 0.3 is 0 Å². The van der Waals surface area contributed by atoms with E-state index in [0.29, 0.717) is 31.0 Å². The smallest absolute Gasteiger partial charge is 0.276 e. The highest BCUT2D eigenvalue weighted by Crippen LogP contribution is 2.21.